The highest BCUT2D eigenvalue weighted by molar-refractivity contribution is 7.90. The minimum Gasteiger partial charge on any atom is -0.300 e. The number of rotatable bonds is 5. The minimum absolute atomic E-state index is 0.135. The summed E-state index contributed by atoms with van der Waals surface area (Å²) in [4.78, 5) is 12.5. The fourth-order valence-corrected chi connectivity index (χ4v) is 4.84. The lowest BCUT2D eigenvalue weighted by atomic mass is 9.86. The van der Waals surface area contributed by atoms with Gasteiger partial charge in [-0.05, 0) is 70.7 Å². The molecule has 7 nitrogen and oxygen atoms in total. The van der Waals surface area contributed by atoms with Crippen LogP contribution in [0.5, 0.6) is 0 Å². The first-order valence-corrected chi connectivity index (χ1v) is 11.8. The Hall–Kier alpha value is -1.91. The number of hydrogen-bond acceptors (Lipinski definition) is 6. The Bertz CT molecular complexity index is 960. The average Bonchev–Trinajstić information content (AvgIpc) is 3.10. The van der Waals surface area contributed by atoms with Crippen LogP contribution in [0.2, 0.25) is 0 Å². The van der Waals surface area contributed by atoms with Crippen LogP contribution in [0.4, 0.5) is 9.52 Å². The molecule has 3 rings (SSSR count). The Morgan fingerprint density at radius 2 is 1.72 bits per heavy atom. The third-order valence-corrected chi connectivity index (χ3v) is 8.12. The van der Waals surface area contributed by atoms with E-state index >= 15 is 0 Å². The fraction of sp³-hybridized carbons (Fsp3) is 0.526. The van der Waals surface area contributed by atoms with Gasteiger partial charge < -0.3 is 5.32 Å². The number of amides is 1. The molecule has 0 radical (unpaired) electrons. The largest absolute Gasteiger partial charge is 0.300 e. The number of nitrogens with zero attached hydrogens (tertiary/aromatic N) is 2. The van der Waals surface area contributed by atoms with Crippen LogP contribution in [0.15, 0.2) is 24.3 Å². The first kappa shape index (κ1) is 21.8. The van der Waals surface area contributed by atoms with Crippen molar-refractivity contribution in [3.05, 3.63) is 30.1 Å². The molecule has 1 aliphatic carbocycles. The van der Waals surface area contributed by atoms with Crippen LogP contribution < -0.4 is 10.0 Å². The van der Waals surface area contributed by atoms with E-state index in [0.29, 0.717) is 35.8 Å². The highest BCUT2D eigenvalue weighted by atomic mass is 32.2. The van der Waals surface area contributed by atoms with E-state index in [0.717, 1.165) is 5.56 Å². The van der Waals surface area contributed by atoms with Crippen LogP contribution in [0.25, 0.3) is 10.6 Å². The Labute approximate surface area is 174 Å². The van der Waals surface area contributed by atoms with Crippen LogP contribution in [0.1, 0.15) is 46.5 Å². The summed E-state index contributed by atoms with van der Waals surface area (Å²) in [5.74, 6) is -0.653. The number of anilines is 1. The van der Waals surface area contributed by atoms with Gasteiger partial charge in [-0.15, -0.1) is 10.2 Å². The molecule has 158 valence electrons. The Kier molecular flexibility index (Phi) is 6.35. The Morgan fingerprint density at radius 1 is 1.10 bits per heavy atom. The summed E-state index contributed by atoms with van der Waals surface area (Å²) >= 11 is 1.23. The molecule has 2 aromatic rings. The maximum absolute atomic E-state index is 13.0. The monoisotopic (exact) mass is 440 g/mol. The summed E-state index contributed by atoms with van der Waals surface area (Å²) in [7, 11) is -3.40. The number of carbonyl (C=O) groups is 1. The Balaban J connectivity index is 1.53. The van der Waals surface area contributed by atoms with Gasteiger partial charge in [0.25, 0.3) is 0 Å². The third-order valence-electron chi connectivity index (χ3n) is 4.97. The van der Waals surface area contributed by atoms with E-state index in [1.807, 2.05) is 0 Å². The Morgan fingerprint density at radius 3 is 2.31 bits per heavy atom. The summed E-state index contributed by atoms with van der Waals surface area (Å²) in [6.07, 6.45) is 2.44. The number of sulfonamides is 1. The van der Waals surface area contributed by atoms with Gasteiger partial charge in [0.2, 0.25) is 21.1 Å². The van der Waals surface area contributed by atoms with Crippen LogP contribution in [-0.4, -0.2) is 35.3 Å². The van der Waals surface area contributed by atoms with E-state index in [4.69, 9.17) is 0 Å². The molecule has 0 atom stereocenters. The van der Waals surface area contributed by atoms with Gasteiger partial charge in [0.15, 0.2) is 0 Å². The van der Waals surface area contributed by atoms with Gasteiger partial charge in [0.05, 0.1) is 4.75 Å². The van der Waals surface area contributed by atoms with Crippen molar-refractivity contribution in [3.8, 4) is 10.6 Å². The summed E-state index contributed by atoms with van der Waals surface area (Å²) in [5, 5.41) is 11.8. The molecular formula is C19H25FN4O3S2. The molecule has 1 amide bonds. The number of halogens is 1. The zero-order valence-corrected chi connectivity index (χ0v) is 18.2. The van der Waals surface area contributed by atoms with E-state index in [1.165, 1.54) is 23.5 Å². The zero-order chi connectivity index (χ0) is 21.2. The molecule has 29 heavy (non-hydrogen) atoms. The lowest BCUT2D eigenvalue weighted by Gasteiger charge is -2.30. The first-order valence-electron chi connectivity index (χ1n) is 9.47. The number of nitrogens with one attached hydrogen (secondary N) is 2. The summed E-state index contributed by atoms with van der Waals surface area (Å²) in [6, 6.07) is 5.78. The van der Waals surface area contributed by atoms with Crippen molar-refractivity contribution < 1.29 is 17.6 Å². The summed E-state index contributed by atoms with van der Waals surface area (Å²) in [6.45, 7) is 4.99. The van der Waals surface area contributed by atoms with Crippen LogP contribution in [0, 0.1) is 11.7 Å². The van der Waals surface area contributed by atoms with Crippen molar-refractivity contribution in [3.63, 3.8) is 0 Å². The molecular weight excluding hydrogens is 415 g/mol. The van der Waals surface area contributed by atoms with Gasteiger partial charge in [-0.3, -0.25) is 4.79 Å². The van der Waals surface area contributed by atoms with Crippen molar-refractivity contribution in [2.75, 3.05) is 5.32 Å². The molecule has 0 saturated heterocycles. The van der Waals surface area contributed by atoms with E-state index < -0.39 is 14.8 Å². The number of hydrogen-bond donors (Lipinski definition) is 2. The van der Waals surface area contributed by atoms with Crippen LogP contribution >= 0.6 is 11.3 Å². The van der Waals surface area contributed by atoms with Crippen LogP contribution in [-0.2, 0) is 14.8 Å². The van der Waals surface area contributed by atoms with Crippen molar-refractivity contribution in [1.82, 2.24) is 14.9 Å². The molecule has 0 aliphatic heterocycles. The molecule has 0 unspecified atom stereocenters. The van der Waals surface area contributed by atoms with Crippen LogP contribution in [0.3, 0.4) is 0 Å². The van der Waals surface area contributed by atoms with Gasteiger partial charge >= 0.3 is 0 Å². The normalized spacial score (nSPS) is 20.4. The molecule has 1 aliphatic rings. The molecule has 2 N–H and O–H groups in total. The van der Waals surface area contributed by atoms with Gasteiger partial charge in [-0.1, -0.05) is 11.3 Å². The average molecular weight is 441 g/mol. The topological polar surface area (TPSA) is 101 Å². The van der Waals surface area contributed by atoms with Gasteiger partial charge in [-0.2, -0.15) is 0 Å². The molecule has 1 aromatic heterocycles. The van der Waals surface area contributed by atoms with Gasteiger partial charge in [-0.25, -0.2) is 17.5 Å². The second kappa shape index (κ2) is 8.45. The minimum atomic E-state index is -3.40. The third kappa shape index (κ3) is 5.37. The van der Waals surface area contributed by atoms with Crippen molar-refractivity contribution >= 4 is 32.4 Å². The second-order valence-corrected chi connectivity index (χ2v) is 11.6. The molecule has 1 fully saturated rings. The standard InChI is InChI=1S/C19H25FN4O3S2/c1-19(2,3)29(26,27)24-15-10-6-12(7-11-15)16(25)21-18-23-22-17(28-18)13-4-8-14(20)9-5-13/h4-5,8-9,12,15,24H,6-7,10-11H2,1-3H3,(H,21,23,25). The summed E-state index contributed by atoms with van der Waals surface area (Å²) in [5.41, 5.74) is 0.732. The number of carbonyl (C=O) groups excluding carboxylic acids is 1. The molecule has 0 bridgehead atoms. The van der Waals surface area contributed by atoms with Gasteiger partial charge in [0.1, 0.15) is 10.8 Å². The van der Waals surface area contributed by atoms with Crippen molar-refractivity contribution in [1.29, 1.82) is 0 Å². The number of aromatic nitrogens is 2. The van der Waals surface area contributed by atoms with Crippen molar-refractivity contribution in [2.24, 2.45) is 5.92 Å². The second-order valence-electron chi connectivity index (χ2n) is 8.19. The highest BCUT2D eigenvalue weighted by Gasteiger charge is 2.34. The maximum Gasteiger partial charge on any atom is 0.229 e. The molecule has 1 heterocycles. The zero-order valence-electron chi connectivity index (χ0n) is 16.6. The van der Waals surface area contributed by atoms with E-state index in [1.54, 1.807) is 32.9 Å². The van der Waals surface area contributed by atoms with E-state index in [9.17, 15) is 17.6 Å². The van der Waals surface area contributed by atoms with E-state index in [-0.39, 0.29) is 23.7 Å². The van der Waals surface area contributed by atoms with E-state index in [2.05, 4.69) is 20.2 Å². The predicted molar refractivity (Wildman–Crippen MR) is 111 cm³/mol. The molecule has 1 aromatic carbocycles. The fourth-order valence-electron chi connectivity index (χ4n) is 3.06. The first-order chi connectivity index (χ1) is 13.5. The smallest absolute Gasteiger partial charge is 0.229 e. The summed E-state index contributed by atoms with van der Waals surface area (Å²) < 4.78 is 39.5. The van der Waals surface area contributed by atoms with Gasteiger partial charge in [0, 0.05) is 17.5 Å². The number of benzene rings is 1. The van der Waals surface area contributed by atoms with Crippen molar-refractivity contribution in [2.45, 2.75) is 57.2 Å². The molecule has 10 heteroatoms. The lowest BCUT2D eigenvalue weighted by Crippen LogP contribution is -2.46. The molecule has 1 saturated carbocycles. The SMILES string of the molecule is CC(C)(C)S(=O)(=O)NC1CCC(C(=O)Nc2nnc(-c3ccc(F)cc3)s2)CC1. The maximum atomic E-state index is 13.0. The lowest BCUT2D eigenvalue weighted by molar-refractivity contribution is -0.120. The quantitative estimate of drug-likeness (QED) is 0.740. The molecule has 0 spiro atoms. The predicted octanol–water partition coefficient (Wildman–Crippen LogP) is 3.56. The highest BCUT2D eigenvalue weighted by Crippen LogP contribution is 2.30.